The van der Waals surface area contributed by atoms with E-state index in [9.17, 15) is 22.8 Å². The van der Waals surface area contributed by atoms with Crippen LogP contribution in [0.2, 0.25) is 0 Å². The van der Waals surface area contributed by atoms with Gasteiger partial charge in [-0.05, 0) is 93.2 Å². The molecule has 1 aromatic heterocycles. The quantitative estimate of drug-likeness (QED) is 0.263. The maximum atomic E-state index is 13.9. The molecular weight excluding hydrogens is 617 g/mol. The van der Waals surface area contributed by atoms with Crippen molar-refractivity contribution in [2.75, 3.05) is 26.2 Å². The molecule has 2 aromatic rings. The van der Waals surface area contributed by atoms with E-state index >= 15 is 0 Å². The van der Waals surface area contributed by atoms with Crippen molar-refractivity contribution < 1.29 is 27.2 Å². The van der Waals surface area contributed by atoms with Gasteiger partial charge < -0.3 is 20.0 Å². The first-order chi connectivity index (χ1) is 23.0. The fourth-order valence-electron chi connectivity index (χ4n) is 8.05. The number of oxazole rings is 1. The molecule has 4 aliphatic rings. The Kier molecular flexibility index (Phi) is 9.83. The minimum Gasteiger partial charge on any atom is -0.447 e. The molecule has 2 amide bonds. The molecular formula is C38H45F3N4O3. The van der Waals surface area contributed by atoms with Crippen molar-refractivity contribution in [1.29, 1.82) is 0 Å². The van der Waals surface area contributed by atoms with E-state index in [1.54, 1.807) is 0 Å². The number of nitrogens with one attached hydrogen (secondary N) is 2. The summed E-state index contributed by atoms with van der Waals surface area (Å²) in [6, 6.07) is 7.74. The summed E-state index contributed by atoms with van der Waals surface area (Å²) in [5.41, 5.74) is 2.47. The number of rotatable bonds is 10. The van der Waals surface area contributed by atoms with E-state index in [0.29, 0.717) is 24.3 Å². The second-order valence-corrected chi connectivity index (χ2v) is 14.0. The van der Waals surface area contributed by atoms with E-state index in [4.69, 9.17) is 4.42 Å². The summed E-state index contributed by atoms with van der Waals surface area (Å²) in [6.45, 7) is 5.33. The predicted octanol–water partition coefficient (Wildman–Crippen LogP) is 7.18. The zero-order chi connectivity index (χ0) is 33.9. The van der Waals surface area contributed by atoms with Crippen molar-refractivity contribution in [1.82, 2.24) is 20.5 Å². The number of carbonyl (C=O) groups is 2. The van der Waals surface area contributed by atoms with Gasteiger partial charge in [0.1, 0.15) is 12.3 Å². The van der Waals surface area contributed by atoms with E-state index in [-0.39, 0.29) is 17.9 Å². The van der Waals surface area contributed by atoms with Gasteiger partial charge in [-0.15, -0.1) is 0 Å². The van der Waals surface area contributed by atoms with Crippen molar-refractivity contribution >= 4 is 17.4 Å². The number of hydrogen-bond acceptors (Lipinski definition) is 5. The first kappa shape index (κ1) is 34.0. The van der Waals surface area contributed by atoms with E-state index in [1.165, 1.54) is 6.39 Å². The van der Waals surface area contributed by atoms with Gasteiger partial charge in [-0.1, -0.05) is 74.1 Å². The highest BCUT2D eigenvalue weighted by Crippen LogP contribution is 2.54. The maximum absolute atomic E-state index is 13.9. The summed E-state index contributed by atoms with van der Waals surface area (Å²) in [5.74, 6) is -0.0439. The molecule has 1 aromatic carbocycles. The highest BCUT2D eigenvalue weighted by atomic mass is 19.4. The third-order valence-corrected chi connectivity index (χ3v) is 10.5. The van der Waals surface area contributed by atoms with Gasteiger partial charge >= 0.3 is 6.18 Å². The van der Waals surface area contributed by atoms with Crippen LogP contribution in [-0.4, -0.2) is 60.1 Å². The van der Waals surface area contributed by atoms with Crippen LogP contribution in [0, 0.1) is 5.92 Å². The molecule has 2 heterocycles. The summed E-state index contributed by atoms with van der Waals surface area (Å²) in [6.07, 6.45) is 15.0. The molecule has 7 nitrogen and oxygen atoms in total. The van der Waals surface area contributed by atoms with Crippen LogP contribution in [0.15, 0.2) is 77.1 Å². The molecule has 10 heteroatoms. The Morgan fingerprint density at radius 2 is 1.94 bits per heavy atom. The van der Waals surface area contributed by atoms with Crippen molar-refractivity contribution in [3.8, 4) is 0 Å². The van der Waals surface area contributed by atoms with Gasteiger partial charge in [-0.2, -0.15) is 13.2 Å². The van der Waals surface area contributed by atoms with Gasteiger partial charge in [0.05, 0.1) is 5.41 Å². The Morgan fingerprint density at radius 3 is 2.73 bits per heavy atom. The smallest absolute Gasteiger partial charge is 0.405 e. The van der Waals surface area contributed by atoms with Gasteiger partial charge in [0, 0.05) is 18.0 Å². The maximum Gasteiger partial charge on any atom is 0.405 e. The number of fused-ring (bicyclic) bond motifs is 2. The van der Waals surface area contributed by atoms with E-state index in [0.717, 1.165) is 80.4 Å². The topological polar surface area (TPSA) is 87.5 Å². The lowest BCUT2D eigenvalue weighted by molar-refractivity contribution is -0.141. The monoisotopic (exact) mass is 662 g/mol. The number of hydrogen-bond donors (Lipinski definition) is 2. The summed E-state index contributed by atoms with van der Waals surface area (Å²) in [5, 5.41) is 5.45. The Bertz CT molecular complexity index is 1640. The molecule has 48 heavy (non-hydrogen) atoms. The lowest BCUT2D eigenvalue weighted by Gasteiger charge is -2.33. The molecule has 2 N–H and O–H groups in total. The lowest BCUT2D eigenvalue weighted by atomic mass is 9.71. The van der Waals surface area contributed by atoms with Crippen LogP contribution in [0.4, 0.5) is 13.2 Å². The number of unbranched alkanes of at least 4 members (excludes halogenated alkanes) is 1. The summed E-state index contributed by atoms with van der Waals surface area (Å²) >= 11 is 0. The summed E-state index contributed by atoms with van der Waals surface area (Å²) in [7, 11) is 0. The molecule has 0 radical (unpaired) electrons. The van der Waals surface area contributed by atoms with Crippen molar-refractivity contribution in [2.24, 2.45) is 5.92 Å². The second-order valence-electron chi connectivity index (χ2n) is 14.0. The highest BCUT2D eigenvalue weighted by Gasteiger charge is 2.51. The number of nitrogens with zero attached hydrogens (tertiary/aromatic N) is 2. The molecule has 0 bridgehead atoms. The minimum atomic E-state index is -4.49. The standard InChI is InChI=1S/C38H45F3N4O3/c1-26-12-10-16-30-31(26)28-14-4-5-15-29(28)37(30,35(47)42-24-38(39,40)41)20-8-9-21-45-22-11-13-27(17-23-45)44-34(46)32-33(48-25-43-32)36(2)18-6-3-7-19-36/h3-7,10,14-16,18,25-27H,8-9,11-13,17,19-24H2,1-2H3,(H,42,47)(H,44,46). The molecule has 6 rings (SSSR count). The van der Waals surface area contributed by atoms with Crippen LogP contribution >= 0.6 is 0 Å². The van der Waals surface area contributed by atoms with Crippen LogP contribution in [0.25, 0.3) is 5.57 Å². The van der Waals surface area contributed by atoms with Crippen molar-refractivity contribution in [2.45, 2.75) is 88.3 Å². The molecule has 0 saturated carbocycles. The zero-order valence-corrected chi connectivity index (χ0v) is 27.7. The van der Waals surface area contributed by atoms with E-state index in [2.05, 4.69) is 33.5 Å². The van der Waals surface area contributed by atoms with Crippen LogP contribution in [0.3, 0.4) is 0 Å². The van der Waals surface area contributed by atoms with Gasteiger partial charge in [-0.25, -0.2) is 4.98 Å². The molecule has 1 saturated heterocycles. The van der Waals surface area contributed by atoms with Crippen molar-refractivity contribution in [3.05, 3.63) is 95.3 Å². The molecule has 3 aliphatic carbocycles. The van der Waals surface area contributed by atoms with Crippen LogP contribution in [-0.2, 0) is 15.6 Å². The second kappa shape index (κ2) is 13.9. The number of halogens is 3. The van der Waals surface area contributed by atoms with E-state index < -0.39 is 29.5 Å². The fourth-order valence-corrected chi connectivity index (χ4v) is 8.05. The van der Waals surface area contributed by atoms with Crippen LogP contribution in [0.5, 0.6) is 0 Å². The number of alkyl halides is 3. The SMILES string of the molecule is CC1CC=CC2=C1c1ccccc1C2(CCCCN1CCCC(NC(=O)c2ncoc2C2(C)C=CC=CC2)CC1)C(=O)NCC(F)(F)F. The third kappa shape index (κ3) is 6.81. The summed E-state index contributed by atoms with van der Waals surface area (Å²) in [4.78, 5) is 33.8. The normalized spacial score (nSPS) is 27.0. The average molecular weight is 663 g/mol. The largest absolute Gasteiger partial charge is 0.447 e. The van der Waals surface area contributed by atoms with Gasteiger partial charge in [0.25, 0.3) is 5.91 Å². The molecule has 0 spiro atoms. The first-order valence-electron chi connectivity index (χ1n) is 17.2. The Balaban J connectivity index is 1.08. The minimum absolute atomic E-state index is 0.0164. The Hall–Kier alpha value is -3.92. The molecule has 1 fully saturated rings. The molecule has 4 unspecified atom stereocenters. The van der Waals surface area contributed by atoms with Crippen LogP contribution in [0.1, 0.15) is 92.6 Å². The van der Waals surface area contributed by atoms with E-state index in [1.807, 2.05) is 61.6 Å². The third-order valence-electron chi connectivity index (χ3n) is 10.5. The number of carbonyl (C=O) groups excluding carboxylic acids is 2. The molecule has 4 atom stereocenters. The average Bonchev–Trinajstić information content (AvgIpc) is 3.60. The number of likely N-dealkylation sites (tertiary alicyclic amines) is 1. The number of aromatic nitrogens is 1. The fraction of sp³-hybridized carbons (Fsp3) is 0.500. The molecule has 1 aliphatic heterocycles. The number of benzene rings is 1. The predicted molar refractivity (Wildman–Crippen MR) is 179 cm³/mol. The first-order valence-corrected chi connectivity index (χ1v) is 17.2. The van der Waals surface area contributed by atoms with Crippen molar-refractivity contribution in [3.63, 3.8) is 0 Å². The number of amides is 2. The van der Waals surface area contributed by atoms with Gasteiger partial charge in [-0.3, -0.25) is 9.59 Å². The lowest BCUT2D eigenvalue weighted by Crippen LogP contribution is -2.47. The highest BCUT2D eigenvalue weighted by molar-refractivity contribution is 6.01. The molecule has 256 valence electrons. The Morgan fingerprint density at radius 1 is 1.10 bits per heavy atom. The van der Waals surface area contributed by atoms with Gasteiger partial charge in [0.2, 0.25) is 5.91 Å². The number of allylic oxidation sites excluding steroid dienone is 7. The summed E-state index contributed by atoms with van der Waals surface area (Å²) < 4.78 is 45.5. The Labute approximate surface area is 280 Å². The zero-order valence-electron chi connectivity index (χ0n) is 27.7. The van der Waals surface area contributed by atoms with Gasteiger partial charge in [0.15, 0.2) is 12.1 Å². The van der Waals surface area contributed by atoms with Crippen LogP contribution < -0.4 is 10.6 Å².